The molecule has 0 aliphatic carbocycles. The zero-order chi connectivity index (χ0) is 13.1. The van der Waals surface area contributed by atoms with Gasteiger partial charge < -0.3 is 14.5 Å². The second kappa shape index (κ2) is 5.06. The Bertz CT molecular complexity index is 357. The van der Waals surface area contributed by atoms with Crippen LogP contribution in [0.1, 0.15) is 27.7 Å². The van der Waals surface area contributed by atoms with Crippen LogP contribution in [0.15, 0.2) is 18.3 Å². The highest BCUT2D eigenvalue weighted by Crippen LogP contribution is 2.24. The Morgan fingerprint density at radius 1 is 1.24 bits per heavy atom. The fourth-order valence-corrected chi connectivity index (χ4v) is 1.06. The van der Waals surface area contributed by atoms with Gasteiger partial charge in [0.25, 0.3) is 0 Å². The van der Waals surface area contributed by atoms with Gasteiger partial charge in [0.2, 0.25) is 5.88 Å². The van der Waals surface area contributed by atoms with Gasteiger partial charge in [-0.15, -0.1) is 0 Å². The third-order valence-electron chi connectivity index (χ3n) is 3.08. The van der Waals surface area contributed by atoms with Gasteiger partial charge in [0, 0.05) is 6.20 Å². The number of methoxy groups -OCH3 is 1. The highest BCUT2D eigenvalue weighted by atomic mass is 16.5. The average molecular weight is 237 g/mol. The average Bonchev–Trinajstić information content (AvgIpc) is 2.25. The number of aliphatic hydroxyl groups is 1. The van der Waals surface area contributed by atoms with Crippen molar-refractivity contribution < 1.29 is 14.5 Å². The molecule has 0 bridgehead atoms. The Kier molecular flexibility index (Phi) is 4.17. The molecule has 94 valence electrons. The van der Waals surface area contributed by atoms with Gasteiger partial charge in [-0.2, -0.15) is 0 Å². The van der Waals surface area contributed by atoms with Crippen LogP contribution in [0, 0.1) is 0 Å². The first-order valence-corrected chi connectivity index (χ1v) is 5.61. The highest BCUT2D eigenvalue weighted by molar-refractivity contribution is 6.46. The molecule has 0 spiro atoms. The van der Waals surface area contributed by atoms with Crippen LogP contribution in [0.2, 0.25) is 0 Å². The summed E-state index contributed by atoms with van der Waals surface area (Å²) in [5.74, 6) is 0.579. The summed E-state index contributed by atoms with van der Waals surface area (Å²) < 4.78 is 10.7. The van der Waals surface area contributed by atoms with E-state index in [1.807, 2.05) is 19.9 Å². The molecule has 0 amide bonds. The number of hydrogen-bond acceptors (Lipinski definition) is 4. The SMILES string of the molecule is COc1ccc(BOC(C)(C)C(C)(C)O)cn1. The van der Waals surface area contributed by atoms with Crippen molar-refractivity contribution >= 4 is 12.9 Å². The molecular weight excluding hydrogens is 217 g/mol. The molecule has 0 atom stereocenters. The van der Waals surface area contributed by atoms with Gasteiger partial charge in [0.15, 0.2) is 0 Å². The van der Waals surface area contributed by atoms with E-state index < -0.39 is 11.2 Å². The topological polar surface area (TPSA) is 51.6 Å². The predicted octanol–water partition coefficient (Wildman–Crippen LogP) is 0.633. The molecule has 0 saturated heterocycles. The van der Waals surface area contributed by atoms with Crippen molar-refractivity contribution in [3.8, 4) is 5.88 Å². The first kappa shape index (κ1) is 14.0. The summed E-state index contributed by atoms with van der Waals surface area (Å²) in [6, 6.07) is 3.68. The minimum absolute atomic E-state index is 0.411. The van der Waals surface area contributed by atoms with Crippen molar-refractivity contribution in [3.05, 3.63) is 18.3 Å². The van der Waals surface area contributed by atoms with Crippen LogP contribution < -0.4 is 10.2 Å². The molecule has 0 unspecified atom stereocenters. The summed E-state index contributed by atoms with van der Waals surface area (Å²) in [5, 5.41) is 9.94. The fraction of sp³-hybridized carbons (Fsp3) is 0.583. The zero-order valence-corrected chi connectivity index (χ0v) is 11.2. The number of nitrogens with zero attached hydrogens (tertiary/aromatic N) is 1. The van der Waals surface area contributed by atoms with Crippen molar-refractivity contribution in [1.82, 2.24) is 4.98 Å². The van der Waals surface area contributed by atoms with E-state index in [4.69, 9.17) is 9.39 Å². The second-order valence-corrected chi connectivity index (χ2v) is 5.07. The maximum Gasteiger partial charge on any atom is 0.311 e. The molecule has 0 radical (unpaired) electrons. The van der Waals surface area contributed by atoms with Crippen molar-refractivity contribution in [2.45, 2.75) is 38.9 Å². The lowest BCUT2D eigenvalue weighted by atomic mass is 9.83. The quantitative estimate of drug-likeness (QED) is 0.763. The minimum atomic E-state index is -0.896. The summed E-state index contributed by atoms with van der Waals surface area (Å²) in [6.07, 6.45) is 1.71. The number of pyridine rings is 1. The fourth-order valence-electron chi connectivity index (χ4n) is 1.06. The number of aromatic nitrogens is 1. The minimum Gasteiger partial charge on any atom is -0.481 e. The van der Waals surface area contributed by atoms with E-state index in [0.717, 1.165) is 5.46 Å². The molecule has 0 aliphatic heterocycles. The van der Waals surface area contributed by atoms with Crippen molar-refractivity contribution in [2.75, 3.05) is 7.11 Å². The summed E-state index contributed by atoms with van der Waals surface area (Å²) in [5.41, 5.74) is -0.567. The van der Waals surface area contributed by atoms with Crippen LogP contribution in [0.3, 0.4) is 0 Å². The molecule has 0 fully saturated rings. The molecular formula is C12H20BNO3. The van der Waals surface area contributed by atoms with E-state index in [2.05, 4.69) is 4.98 Å². The van der Waals surface area contributed by atoms with E-state index in [1.165, 1.54) is 0 Å². The Balaban J connectivity index is 2.61. The number of rotatable bonds is 5. The highest BCUT2D eigenvalue weighted by Gasteiger charge is 2.35. The van der Waals surface area contributed by atoms with Crippen LogP contribution in [-0.2, 0) is 4.65 Å². The van der Waals surface area contributed by atoms with Crippen molar-refractivity contribution in [1.29, 1.82) is 0 Å². The van der Waals surface area contributed by atoms with Crippen LogP contribution in [0.5, 0.6) is 5.88 Å². The lowest BCUT2D eigenvalue weighted by molar-refractivity contribution is -0.0893. The van der Waals surface area contributed by atoms with Gasteiger partial charge in [-0.1, -0.05) is 6.07 Å². The third kappa shape index (κ3) is 3.72. The summed E-state index contributed by atoms with van der Waals surface area (Å²) in [4.78, 5) is 4.10. The molecule has 4 nitrogen and oxygen atoms in total. The van der Waals surface area contributed by atoms with Gasteiger partial charge in [-0.3, -0.25) is 0 Å². The van der Waals surface area contributed by atoms with Gasteiger partial charge in [-0.05, 0) is 39.2 Å². The standard InChI is InChI=1S/C12H20BNO3/c1-11(2,15)12(3,4)17-13-9-6-7-10(16-5)14-8-9/h6-8,13,15H,1-5H3. The molecule has 0 aromatic carbocycles. The van der Waals surface area contributed by atoms with Gasteiger partial charge in [0.05, 0.1) is 18.3 Å². The summed E-state index contributed by atoms with van der Waals surface area (Å²) in [6.45, 7) is 7.20. The van der Waals surface area contributed by atoms with E-state index in [1.54, 1.807) is 33.2 Å². The van der Waals surface area contributed by atoms with Gasteiger partial charge in [0.1, 0.15) is 0 Å². The Morgan fingerprint density at radius 3 is 2.29 bits per heavy atom. The van der Waals surface area contributed by atoms with Crippen LogP contribution in [0.25, 0.3) is 0 Å². The van der Waals surface area contributed by atoms with E-state index in [-0.39, 0.29) is 0 Å². The van der Waals surface area contributed by atoms with E-state index >= 15 is 0 Å². The molecule has 1 N–H and O–H groups in total. The zero-order valence-electron chi connectivity index (χ0n) is 11.2. The molecule has 1 aromatic heterocycles. The Hall–Kier alpha value is -1.07. The maximum absolute atomic E-state index is 9.94. The molecule has 17 heavy (non-hydrogen) atoms. The number of hydrogen-bond donors (Lipinski definition) is 1. The first-order valence-electron chi connectivity index (χ1n) is 5.61. The van der Waals surface area contributed by atoms with Gasteiger partial charge in [-0.25, -0.2) is 4.98 Å². The Morgan fingerprint density at radius 2 is 1.88 bits per heavy atom. The smallest absolute Gasteiger partial charge is 0.311 e. The third-order valence-corrected chi connectivity index (χ3v) is 3.08. The van der Waals surface area contributed by atoms with Crippen molar-refractivity contribution in [2.24, 2.45) is 0 Å². The summed E-state index contributed by atoms with van der Waals surface area (Å²) >= 11 is 0. The monoisotopic (exact) mass is 237 g/mol. The number of ether oxygens (including phenoxy) is 1. The van der Waals surface area contributed by atoms with Crippen LogP contribution in [0.4, 0.5) is 0 Å². The van der Waals surface area contributed by atoms with Gasteiger partial charge >= 0.3 is 7.48 Å². The lowest BCUT2D eigenvalue weighted by Gasteiger charge is -2.37. The maximum atomic E-state index is 9.94. The molecule has 1 aromatic rings. The van der Waals surface area contributed by atoms with Crippen molar-refractivity contribution in [3.63, 3.8) is 0 Å². The Labute approximate surface area is 103 Å². The van der Waals surface area contributed by atoms with Crippen LogP contribution >= 0.6 is 0 Å². The molecule has 0 saturated carbocycles. The lowest BCUT2D eigenvalue weighted by Crippen LogP contribution is -2.49. The molecule has 5 heteroatoms. The first-order chi connectivity index (χ1) is 7.76. The molecule has 1 rings (SSSR count). The second-order valence-electron chi connectivity index (χ2n) is 5.07. The summed E-state index contributed by atoms with van der Waals surface area (Å²) in [7, 11) is 1.99. The molecule has 0 aliphatic rings. The predicted molar refractivity (Wildman–Crippen MR) is 69.0 cm³/mol. The largest absolute Gasteiger partial charge is 0.481 e. The van der Waals surface area contributed by atoms with E-state index in [9.17, 15) is 5.11 Å². The molecule has 1 heterocycles. The van der Waals surface area contributed by atoms with E-state index in [0.29, 0.717) is 13.4 Å². The normalized spacial score (nSPS) is 12.4. The van der Waals surface area contributed by atoms with Crippen LogP contribution in [-0.4, -0.2) is 35.9 Å².